The molecule has 0 spiro atoms. The first-order chi connectivity index (χ1) is 9.97. The summed E-state index contributed by atoms with van der Waals surface area (Å²) >= 11 is 0. The molecular weight excluding hydrogens is 276 g/mol. The number of rotatable bonds is 1. The Balaban J connectivity index is 2.07. The van der Waals surface area contributed by atoms with Gasteiger partial charge in [-0.25, -0.2) is 0 Å². The van der Waals surface area contributed by atoms with Gasteiger partial charge in [-0.15, -0.1) is 0 Å². The van der Waals surface area contributed by atoms with Crippen molar-refractivity contribution in [3.05, 3.63) is 47.5 Å². The van der Waals surface area contributed by atoms with E-state index in [9.17, 15) is 25.2 Å². The highest BCUT2D eigenvalue weighted by Gasteiger charge is 2.39. The number of Topliss-reactive ketones (excluding diaryl/α,β-unsaturated/α-hetero) is 1. The number of aliphatic hydroxyl groups is 1. The van der Waals surface area contributed by atoms with Gasteiger partial charge in [0, 0.05) is 12.1 Å². The number of hydrogen-bond donors (Lipinski definition) is 4. The molecule has 2 atom stereocenters. The number of phenols is 3. The van der Waals surface area contributed by atoms with Gasteiger partial charge in [0.2, 0.25) is 5.78 Å². The molecule has 1 aliphatic heterocycles. The fourth-order valence-corrected chi connectivity index (χ4v) is 2.33. The van der Waals surface area contributed by atoms with Crippen LogP contribution in [0.2, 0.25) is 0 Å². The maximum atomic E-state index is 12.2. The zero-order valence-electron chi connectivity index (χ0n) is 10.7. The molecular formula is C15H12O6. The summed E-state index contributed by atoms with van der Waals surface area (Å²) in [5.41, 5.74) is 0.331. The first kappa shape index (κ1) is 13.3. The number of benzene rings is 2. The van der Waals surface area contributed by atoms with Crippen LogP contribution in [0.3, 0.4) is 0 Å². The van der Waals surface area contributed by atoms with Crippen molar-refractivity contribution in [1.29, 1.82) is 0 Å². The highest BCUT2D eigenvalue weighted by molar-refractivity contribution is 6.05. The highest BCUT2D eigenvalue weighted by Crippen LogP contribution is 2.41. The van der Waals surface area contributed by atoms with E-state index in [1.165, 1.54) is 30.3 Å². The van der Waals surface area contributed by atoms with Crippen LogP contribution in [0.1, 0.15) is 22.0 Å². The Morgan fingerprint density at radius 1 is 0.952 bits per heavy atom. The quantitative estimate of drug-likeness (QED) is 0.633. The predicted octanol–water partition coefficient (Wildman–Crippen LogP) is 1.48. The van der Waals surface area contributed by atoms with Crippen molar-refractivity contribution in [1.82, 2.24) is 0 Å². The number of carbonyl (C=O) groups excluding carboxylic acids is 1. The summed E-state index contributed by atoms with van der Waals surface area (Å²) in [6.45, 7) is 0. The summed E-state index contributed by atoms with van der Waals surface area (Å²) in [4.78, 5) is 12.2. The second kappa shape index (κ2) is 4.68. The van der Waals surface area contributed by atoms with Crippen molar-refractivity contribution in [3.8, 4) is 23.0 Å². The molecule has 0 saturated heterocycles. The SMILES string of the molecule is O=C1c2c(O)cc(O)cc2OC(c2ccc(O)cc2)[C@H]1O. The molecule has 6 nitrogen and oxygen atoms in total. The van der Waals surface area contributed by atoms with E-state index in [1.54, 1.807) is 0 Å². The van der Waals surface area contributed by atoms with Crippen LogP contribution in [0.5, 0.6) is 23.0 Å². The first-order valence-corrected chi connectivity index (χ1v) is 6.21. The van der Waals surface area contributed by atoms with E-state index in [1.807, 2.05) is 0 Å². The Labute approximate surface area is 119 Å². The average molecular weight is 288 g/mol. The summed E-state index contributed by atoms with van der Waals surface area (Å²) < 4.78 is 5.53. The van der Waals surface area contributed by atoms with E-state index >= 15 is 0 Å². The molecule has 21 heavy (non-hydrogen) atoms. The minimum absolute atomic E-state index is 0.000810. The molecule has 1 aliphatic rings. The van der Waals surface area contributed by atoms with Crippen molar-refractivity contribution >= 4 is 5.78 Å². The van der Waals surface area contributed by atoms with Gasteiger partial charge in [-0.2, -0.15) is 0 Å². The number of ketones is 1. The molecule has 0 saturated carbocycles. The Morgan fingerprint density at radius 2 is 1.62 bits per heavy atom. The molecule has 6 heteroatoms. The van der Waals surface area contributed by atoms with Crippen LogP contribution in [0.25, 0.3) is 0 Å². The van der Waals surface area contributed by atoms with Crippen LogP contribution in [0, 0.1) is 0 Å². The van der Waals surface area contributed by atoms with Gasteiger partial charge in [-0.1, -0.05) is 12.1 Å². The fourth-order valence-electron chi connectivity index (χ4n) is 2.33. The minimum atomic E-state index is -1.49. The molecule has 3 rings (SSSR count). The summed E-state index contributed by atoms with van der Waals surface area (Å²) in [5, 5.41) is 38.5. The lowest BCUT2D eigenvalue weighted by Gasteiger charge is -2.30. The Kier molecular flexibility index (Phi) is 2.95. The van der Waals surface area contributed by atoms with Gasteiger partial charge in [0.05, 0.1) is 0 Å². The number of fused-ring (bicyclic) bond motifs is 1. The summed E-state index contributed by atoms with van der Waals surface area (Å²) in [7, 11) is 0. The third-order valence-electron chi connectivity index (χ3n) is 3.34. The van der Waals surface area contributed by atoms with Gasteiger partial charge < -0.3 is 25.2 Å². The molecule has 0 amide bonds. The van der Waals surface area contributed by atoms with E-state index in [0.29, 0.717) is 5.56 Å². The molecule has 2 aromatic carbocycles. The topological polar surface area (TPSA) is 107 Å². The van der Waals surface area contributed by atoms with Crippen LogP contribution in [0.15, 0.2) is 36.4 Å². The Hall–Kier alpha value is -2.73. The zero-order chi connectivity index (χ0) is 15.1. The first-order valence-electron chi connectivity index (χ1n) is 6.21. The van der Waals surface area contributed by atoms with Crippen molar-refractivity contribution < 1.29 is 30.0 Å². The second-order valence-electron chi connectivity index (χ2n) is 4.78. The Bertz CT molecular complexity index is 707. The van der Waals surface area contributed by atoms with Crippen LogP contribution in [-0.2, 0) is 0 Å². The van der Waals surface area contributed by atoms with E-state index in [4.69, 9.17) is 4.74 Å². The lowest BCUT2D eigenvalue weighted by Crippen LogP contribution is -2.36. The fraction of sp³-hybridized carbons (Fsp3) is 0.133. The van der Waals surface area contributed by atoms with Gasteiger partial charge in [0.1, 0.15) is 28.6 Å². The maximum absolute atomic E-state index is 12.2. The average Bonchev–Trinajstić information content (AvgIpc) is 2.43. The maximum Gasteiger partial charge on any atom is 0.202 e. The molecule has 0 fully saturated rings. The summed E-state index contributed by atoms with van der Waals surface area (Å²) in [5.74, 6) is -1.34. The molecule has 0 bridgehead atoms. The Morgan fingerprint density at radius 3 is 2.29 bits per heavy atom. The molecule has 0 aliphatic carbocycles. The van der Waals surface area contributed by atoms with Crippen molar-refractivity contribution in [2.45, 2.75) is 12.2 Å². The third kappa shape index (κ3) is 2.15. The number of aliphatic hydroxyl groups excluding tert-OH is 1. The standard InChI is InChI=1S/C15H12O6/c16-8-3-1-7(2-4-8)15-14(20)13(19)12-10(18)5-9(17)6-11(12)21-15/h1-6,14-18,20H/t14-,15?/m0/s1. The largest absolute Gasteiger partial charge is 0.508 e. The second-order valence-corrected chi connectivity index (χ2v) is 4.78. The molecule has 1 heterocycles. The number of aromatic hydroxyl groups is 3. The highest BCUT2D eigenvalue weighted by atomic mass is 16.5. The predicted molar refractivity (Wildman–Crippen MR) is 71.6 cm³/mol. The molecule has 1 unspecified atom stereocenters. The van der Waals surface area contributed by atoms with E-state index in [2.05, 4.69) is 0 Å². The summed E-state index contributed by atoms with van der Waals surface area (Å²) in [6, 6.07) is 8.06. The van der Waals surface area contributed by atoms with Crippen LogP contribution in [0.4, 0.5) is 0 Å². The van der Waals surface area contributed by atoms with Crippen LogP contribution in [-0.4, -0.2) is 32.3 Å². The van der Waals surface area contributed by atoms with Crippen LogP contribution < -0.4 is 4.74 Å². The minimum Gasteiger partial charge on any atom is -0.508 e. The molecule has 108 valence electrons. The van der Waals surface area contributed by atoms with Crippen molar-refractivity contribution in [3.63, 3.8) is 0 Å². The van der Waals surface area contributed by atoms with Gasteiger partial charge >= 0.3 is 0 Å². The van der Waals surface area contributed by atoms with Gasteiger partial charge in [0.25, 0.3) is 0 Å². The van der Waals surface area contributed by atoms with E-state index in [0.717, 1.165) is 6.07 Å². The number of phenolic OH excluding ortho intramolecular Hbond substituents is 3. The van der Waals surface area contributed by atoms with Gasteiger partial charge in [-0.3, -0.25) is 4.79 Å². The lowest BCUT2D eigenvalue weighted by molar-refractivity contribution is 0.0210. The molecule has 0 radical (unpaired) electrons. The normalized spacial score (nSPS) is 20.7. The molecule has 0 aromatic heterocycles. The van der Waals surface area contributed by atoms with E-state index < -0.39 is 23.7 Å². The lowest BCUT2D eigenvalue weighted by atomic mass is 9.93. The van der Waals surface area contributed by atoms with Crippen molar-refractivity contribution in [2.24, 2.45) is 0 Å². The third-order valence-corrected chi connectivity index (χ3v) is 3.34. The number of hydrogen-bond acceptors (Lipinski definition) is 6. The molecule has 2 aromatic rings. The summed E-state index contributed by atoms with van der Waals surface area (Å²) in [6.07, 6.45) is -2.47. The van der Waals surface area contributed by atoms with Gasteiger partial charge in [0.15, 0.2) is 12.2 Å². The zero-order valence-corrected chi connectivity index (χ0v) is 10.7. The number of ether oxygens (including phenoxy) is 1. The molecule has 4 N–H and O–H groups in total. The number of carbonyl (C=O) groups is 1. The van der Waals surface area contributed by atoms with Gasteiger partial charge in [-0.05, 0) is 17.7 Å². The van der Waals surface area contributed by atoms with E-state index in [-0.39, 0.29) is 22.8 Å². The van der Waals surface area contributed by atoms with Crippen molar-refractivity contribution in [2.75, 3.05) is 0 Å². The smallest absolute Gasteiger partial charge is 0.202 e. The van der Waals surface area contributed by atoms with Crippen LogP contribution >= 0.6 is 0 Å². The monoisotopic (exact) mass is 288 g/mol.